The average Bonchev–Trinajstić information content (AvgIpc) is 3.88. The highest BCUT2D eigenvalue weighted by Crippen LogP contribution is 2.42. The Kier molecular flexibility index (Phi) is 16.1. The Morgan fingerprint density at radius 2 is 1.42 bits per heavy atom. The van der Waals surface area contributed by atoms with Gasteiger partial charge in [-0.05, 0) is 61.2 Å². The molecule has 7 heterocycles. The molecule has 0 amide bonds. The van der Waals surface area contributed by atoms with Crippen molar-refractivity contribution in [3.8, 4) is 11.4 Å². The molecule has 2 unspecified atom stereocenters. The first-order valence-electron chi connectivity index (χ1n) is 20.7. The lowest BCUT2D eigenvalue weighted by molar-refractivity contribution is -0.172. The number of alkyl halides is 2. The summed E-state index contributed by atoms with van der Waals surface area (Å²) in [5.41, 5.74) is 5.75. The Hall–Kier alpha value is -4.16. The summed E-state index contributed by atoms with van der Waals surface area (Å²) in [5.74, 6) is -2.75. The number of hydrogen-bond donors (Lipinski definition) is 3. The number of rotatable bonds is 7. The Labute approximate surface area is 410 Å². The van der Waals surface area contributed by atoms with Gasteiger partial charge in [0.1, 0.15) is 24.8 Å². The van der Waals surface area contributed by atoms with Gasteiger partial charge in [-0.1, -0.05) is 13.8 Å². The van der Waals surface area contributed by atoms with Crippen LogP contribution in [0.3, 0.4) is 0 Å². The fourth-order valence-corrected chi connectivity index (χ4v) is 9.63. The lowest BCUT2D eigenvalue weighted by Crippen LogP contribution is -2.44. The van der Waals surface area contributed by atoms with Gasteiger partial charge in [0.25, 0.3) is 11.1 Å². The van der Waals surface area contributed by atoms with Crippen molar-refractivity contribution in [2.45, 2.75) is 86.3 Å². The van der Waals surface area contributed by atoms with E-state index in [1.807, 2.05) is 0 Å². The summed E-state index contributed by atoms with van der Waals surface area (Å²) in [5, 5.41) is 22.1. The number of aromatic nitrogens is 3. The molecule has 0 aliphatic carbocycles. The van der Waals surface area contributed by atoms with E-state index in [2.05, 4.69) is 25.7 Å². The number of carbonyl (C=O) groups excluding carboxylic acids is 4. The van der Waals surface area contributed by atoms with Crippen molar-refractivity contribution in [2.75, 3.05) is 24.1 Å². The van der Waals surface area contributed by atoms with E-state index in [0.717, 1.165) is 22.6 Å². The molecule has 23 heteroatoms. The smallest absolute Gasteiger partial charge is 0.355 e. The number of ether oxygens (including phenoxy) is 2. The molecule has 3 aromatic heterocycles. The predicted octanol–water partition coefficient (Wildman–Crippen LogP) is 7.24. The molecule has 0 bridgehead atoms. The molecule has 0 fully saturated rings. The number of anilines is 1. The van der Waals surface area contributed by atoms with Crippen LogP contribution in [0.25, 0.3) is 22.3 Å². The molecular formula is C44H43Cl2F2N4O10P2S3+. The van der Waals surface area contributed by atoms with Gasteiger partial charge in [0, 0.05) is 68.0 Å². The number of pyridine rings is 3. The number of fused-ring (bicyclic) bond motifs is 7. The van der Waals surface area contributed by atoms with Crippen LogP contribution in [0.15, 0.2) is 55.8 Å². The average molecular weight is 1060 g/mol. The number of aliphatic hydroxyl groups is 2. The topological polar surface area (TPSA) is 210 Å². The third-order valence-electron chi connectivity index (χ3n) is 11.8. The minimum Gasteiger partial charge on any atom is -0.458 e. The molecule has 0 saturated heterocycles. The fraction of sp³-hybridized carbons (Fsp3) is 0.341. The number of thioether (sulfide) groups is 2. The fourth-order valence-electron chi connectivity index (χ4n) is 8.21. The van der Waals surface area contributed by atoms with E-state index >= 15 is 0 Å². The van der Waals surface area contributed by atoms with Crippen LogP contribution in [0.5, 0.6) is 0 Å². The molecule has 4 aliphatic rings. The summed E-state index contributed by atoms with van der Waals surface area (Å²) in [6.07, 6.45) is 3.95. The number of nitrogens with zero attached hydrogens (tertiary/aromatic N) is 3. The van der Waals surface area contributed by atoms with E-state index in [-0.39, 0.29) is 118 Å². The van der Waals surface area contributed by atoms with Crippen LogP contribution in [0, 0.1) is 11.6 Å². The Morgan fingerprint density at radius 3 is 1.94 bits per heavy atom. The third kappa shape index (κ3) is 9.48. The van der Waals surface area contributed by atoms with Gasteiger partial charge in [-0.3, -0.25) is 19.2 Å². The number of cyclic esters (lactones) is 2. The van der Waals surface area contributed by atoms with Gasteiger partial charge in [-0.2, -0.15) is 0 Å². The van der Waals surface area contributed by atoms with Gasteiger partial charge >= 0.3 is 13.2 Å². The van der Waals surface area contributed by atoms with Crippen molar-refractivity contribution in [3.63, 3.8) is 0 Å². The number of nitrogens with two attached hydrogens (primary N) is 1. The summed E-state index contributed by atoms with van der Waals surface area (Å²) in [7, 11) is 2.20. The molecule has 2 aromatic carbocycles. The summed E-state index contributed by atoms with van der Waals surface area (Å²) in [6.45, 7) is 2.67. The lowest BCUT2D eigenvalue weighted by atomic mass is 9.86. The van der Waals surface area contributed by atoms with Gasteiger partial charge in [0.15, 0.2) is 41.6 Å². The number of halogens is 4. The highest BCUT2D eigenvalue weighted by Gasteiger charge is 2.47. The van der Waals surface area contributed by atoms with Crippen LogP contribution < -0.4 is 16.9 Å². The molecule has 0 radical (unpaired) electrons. The summed E-state index contributed by atoms with van der Waals surface area (Å²) in [6, 6.07) is 8.79. The second kappa shape index (κ2) is 21.2. The van der Waals surface area contributed by atoms with E-state index < -0.39 is 35.9 Å². The number of benzene rings is 2. The Balaban J connectivity index is 0.000000175. The molecule has 0 saturated carbocycles. The third-order valence-corrected chi connectivity index (χ3v) is 13.9. The van der Waals surface area contributed by atoms with Crippen molar-refractivity contribution in [1.29, 1.82) is 1.28 Å². The number of esters is 2. The molecular weight excluding hydrogens is 1010 g/mol. The molecule has 5 aromatic rings. The van der Waals surface area contributed by atoms with Crippen LogP contribution in [0.2, 0.25) is 0 Å². The Bertz CT molecular complexity index is 3090. The zero-order valence-corrected chi connectivity index (χ0v) is 42.2. The summed E-state index contributed by atoms with van der Waals surface area (Å²) >= 11 is 18.5. The van der Waals surface area contributed by atoms with Gasteiger partial charge in [-0.25, -0.2) is 23.4 Å². The van der Waals surface area contributed by atoms with Crippen LogP contribution in [-0.2, 0) is 74.3 Å². The van der Waals surface area contributed by atoms with Crippen LogP contribution >= 0.6 is 62.6 Å². The maximum Gasteiger partial charge on any atom is 0.355 e. The molecule has 4 atom stereocenters. The molecule has 4 N–H and O–H groups in total. The SMILES string of the molecule is CC[C@@]1(O)C(=O)OCc2c1cc1n(c2=O)CCC1=O.CC[C@@]1(O)C(=O)OCc2c1cc1n(c2=O)Cc2c-1nc1cc(F)c(SC)cc1c2CCl.CSc1cc(C(=O)CCl)c(N)cc1F.[3H][P+](P)=S. The van der Waals surface area contributed by atoms with E-state index in [1.54, 1.807) is 43.1 Å². The molecule has 4 aliphatic heterocycles. The zero-order chi connectivity index (χ0) is 50.2. The lowest BCUT2D eigenvalue weighted by Gasteiger charge is -2.31. The maximum atomic E-state index is 14.4. The molecule has 0 spiro atoms. The van der Waals surface area contributed by atoms with E-state index in [1.165, 1.54) is 46.3 Å². The molecule has 354 valence electrons. The number of carbonyl (C=O) groups is 4. The molecule has 9 rings (SSSR count). The normalized spacial score (nSPS) is 18.8. The highest BCUT2D eigenvalue weighted by molar-refractivity contribution is 8.24. The molecule has 67 heavy (non-hydrogen) atoms. The minimum absolute atomic E-state index is 0.0648. The zero-order valence-electron chi connectivity index (χ0n) is 37.2. The Morgan fingerprint density at radius 1 is 0.896 bits per heavy atom. The van der Waals surface area contributed by atoms with Crippen LogP contribution in [0.4, 0.5) is 14.5 Å². The summed E-state index contributed by atoms with van der Waals surface area (Å²) in [4.78, 5) is 78.1. The van der Waals surface area contributed by atoms with Crippen molar-refractivity contribution in [1.82, 2.24) is 14.1 Å². The maximum absolute atomic E-state index is 14.4. The van der Waals surface area contributed by atoms with E-state index in [9.17, 15) is 47.8 Å². The highest BCUT2D eigenvalue weighted by atomic mass is 35.5. The van der Waals surface area contributed by atoms with Crippen LogP contribution in [0.1, 0.15) is 87.3 Å². The van der Waals surface area contributed by atoms with Gasteiger partial charge in [-0.15, -0.1) is 46.7 Å². The van der Waals surface area contributed by atoms with Crippen molar-refractivity contribution >= 4 is 115 Å². The largest absolute Gasteiger partial charge is 0.458 e. The quantitative estimate of drug-likeness (QED) is 0.0360. The predicted molar refractivity (Wildman–Crippen MR) is 262 cm³/mol. The first-order valence-corrected chi connectivity index (χ1v) is 27.2. The first-order chi connectivity index (χ1) is 32.1. The van der Waals surface area contributed by atoms with E-state index in [4.69, 9.17) is 39.7 Å². The van der Waals surface area contributed by atoms with Crippen molar-refractivity contribution in [3.05, 3.63) is 113 Å². The van der Waals surface area contributed by atoms with Gasteiger partial charge in [0.05, 0.1) is 55.1 Å². The number of hydrogen-bond acceptors (Lipinski definition) is 15. The van der Waals surface area contributed by atoms with Gasteiger partial charge < -0.3 is 34.6 Å². The first kappa shape index (κ1) is 50.7. The van der Waals surface area contributed by atoms with Crippen molar-refractivity contribution in [2.24, 2.45) is 0 Å². The monoisotopic (exact) mass is 1060 g/mol. The minimum atomic E-state index is -1.89. The second-order valence-electron chi connectivity index (χ2n) is 15.2. The van der Waals surface area contributed by atoms with Crippen LogP contribution in [-0.4, -0.2) is 67.5 Å². The second-order valence-corrected chi connectivity index (χ2v) is 20.2. The van der Waals surface area contributed by atoms with Gasteiger partial charge in [0.2, 0.25) is 0 Å². The standard InChI is InChI=1S/C22H18ClFN2O4S.C13H13NO5.C9H9ClFNOS.H2P2S/c1-3-22(29)14-5-17-19-12(8-26(17)20(27)13(14)9-30-21(22)28)11(7-23)10-4-18(31-2)15(24)6-16(10)25-19;1-2-13(18)8-5-9-10(15)3-4-14(9)11(16)7(8)6-19-12(13)17;1-14-9-2-5(8(13)4-10)7(12)3-6(9)11;1-2-3/h4-6,29H,3,7-9H2,1-2H3;5,18H,2-4,6H2,1H3;2-3H,4,12H2,1H3;1H2/p+1/t22-;13-;;/m00../s1/i/hT. The number of ketones is 2. The van der Waals surface area contributed by atoms with E-state index in [0.29, 0.717) is 33.2 Å². The summed E-state index contributed by atoms with van der Waals surface area (Å²) < 4.78 is 46.9. The molecule has 14 nitrogen and oxygen atoms in total. The number of Topliss-reactive ketones (excluding diaryl/α,β-unsaturated/α-hetero) is 2. The number of nitrogen functional groups attached to an aromatic ring is 1. The van der Waals surface area contributed by atoms with Crippen molar-refractivity contribution < 1.29 is 47.6 Å².